The molecule has 2 aromatic carbocycles. The fraction of sp³-hybridized carbons (Fsp3) is 0.235. The summed E-state index contributed by atoms with van der Waals surface area (Å²) in [4.78, 5) is 1.81. The first kappa shape index (κ1) is 15.0. The molecule has 0 radical (unpaired) electrons. The summed E-state index contributed by atoms with van der Waals surface area (Å²) >= 11 is 0. The van der Waals surface area contributed by atoms with Crippen LogP contribution in [0, 0.1) is 17.1 Å². The molecule has 2 rings (SSSR count). The summed E-state index contributed by atoms with van der Waals surface area (Å²) in [6.07, 6.45) is 0.323. The van der Waals surface area contributed by atoms with Gasteiger partial charge in [-0.3, -0.25) is 0 Å². The van der Waals surface area contributed by atoms with Crippen LogP contribution in [0.15, 0.2) is 48.5 Å². The highest BCUT2D eigenvalue weighted by Crippen LogP contribution is 2.29. The molecule has 0 amide bonds. The van der Waals surface area contributed by atoms with Crippen LogP contribution in [0.3, 0.4) is 0 Å². The number of benzene rings is 2. The third kappa shape index (κ3) is 3.59. The number of nitrogens with two attached hydrogens (primary N) is 1. The maximum Gasteiger partial charge on any atom is 0.147 e. The van der Waals surface area contributed by atoms with E-state index in [4.69, 9.17) is 11.0 Å². The van der Waals surface area contributed by atoms with Crippen molar-refractivity contribution in [3.8, 4) is 6.07 Å². The lowest BCUT2D eigenvalue weighted by molar-refractivity contribution is 0.619. The molecule has 0 aliphatic heterocycles. The number of para-hydroxylation sites is 1. The summed E-state index contributed by atoms with van der Waals surface area (Å²) in [5.74, 6) is -0.327. The van der Waals surface area contributed by atoms with Gasteiger partial charge in [0.1, 0.15) is 5.82 Å². The number of hydrogen-bond donors (Lipinski definition) is 1. The lowest BCUT2D eigenvalue weighted by Gasteiger charge is -2.25. The predicted octanol–water partition coefficient (Wildman–Crippen LogP) is 3.90. The Morgan fingerprint density at radius 3 is 2.52 bits per heavy atom. The Kier molecular flexibility index (Phi) is 4.91. The lowest BCUT2D eigenvalue weighted by Crippen LogP contribution is -2.19. The number of hydrogen-bond acceptors (Lipinski definition) is 3. The summed E-state index contributed by atoms with van der Waals surface area (Å²) in [7, 11) is 0. The van der Waals surface area contributed by atoms with E-state index in [0.29, 0.717) is 18.7 Å². The zero-order chi connectivity index (χ0) is 15.2. The van der Waals surface area contributed by atoms with Crippen LogP contribution in [-0.2, 0) is 0 Å². The predicted molar refractivity (Wildman–Crippen MR) is 82.7 cm³/mol. The average molecular weight is 283 g/mol. The number of nitriles is 1. The molecule has 0 bridgehead atoms. The maximum absolute atomic E-state index is 14.4. The quantitative estimate of drug-likeness (QED) is 0.905. The molecule has 0 unspecified atom stereocenters. The second-order valence-electron chi connectivity index (χ2n) is 4.89. The minimum Gasteiger partial charge on any atom is -0.338 e. The molecule has 0 saturated carbocycles. The Morgan fingerprint density at radius 1 is 1.24 bits per heavy atom. The first-order valence-corrected chi connectivity index (χ1v) is 6.88. The highest BCUT2D eigenvalue weighted by atomic mass is 19.1. The van der Waals surface area contributed by atoms with Gasteiger partial charge >= 0.3 is 0 Å². The monoisotopic (exact) mass is 283 g/mol. The molecule has 0 saturated heterocycles. The van der Waals surface area contributed by atoms with Crippen molar-refractivity contribution in [2.45, 2.75) is 19.4 Å². The fourth-order valence-corrected chi connectivity index (χ4v) is 2.18. The van der Waals surface area contributed by atoms with Crippen LogP contribution in [0.5, 0.6) is 0 Å². The molecule has 2 N–H and O–H groups in total. The van der Waals surface area contributed by atoms with E-state index in [9.17, 15) is 4.39 Å². The van der Waals surface area contributed by atoms with Crippen LogP contribution in [0.2, 0.25) is 0 Å². The molecular weight excluding hydrogens is 265 g/mol. The first-order chi connectivity index (χ1) is 10.1. The number of rotatable bonds is 5. The molecule has 0 aromatic heterocycles. The number of nitrogens with zero attached hydrogens (tertiary/aromatic N) is 2. The van der Waals surface area contributed by atoms with Crippen molar-refractivity contribution in [3.05, 3.63) is 59.9 Å². The van der Waals surface area contributed by atoms with Crippen molar-refractivity contribution in [1.82, 2.24) is 0 Å². The highest BCUT2D eigenvalue weighted by molar-refractivity contribution is 5.64. The molecule has 2 aromatic rings. The van der Waals surface area contributed by atoms with Crippen molar-refractivity contribution in [2.75, 3.05) is 11.4 Å². The fourth-order valence-electron chi connectivity index (χ4n) is 2.18. The molecule has 0 aliphatic rings. The zero-order valence-electron chi connectivity index (χ0n) is 12.0. The second kappa shape index (κ2) is 6.87. The summed E-state index contributed by atoms with van der Waals surface area (Å²) in [5.41, 5.74) is 7.85. The molecule has 0 fully saturated rings. The van der Waals surface area contributed by atoms with Crippen molar-refractivity contribution < 1.29 is 4.39 Å². The summed E-state index contributed by atoms with van der Waals surface area (Å²) in [5, 5.41) is 8.81. The van der Waals surface area contributed by atoms with Gasteiger partial charge in [0.25, 0.3) is 0 Å². The first-order valence-electron chi connectivity index (χ1n) is 6.88. The van der Waals surface area contributed by atoms with Gasteiger partial charge in [-0.05, 0) is 36.8 Å². The molecule has 1 atom stereocenters. The van der Waals surface area contributed by atoms with E-state index in [-0.39, 0.29) is 11.9 Å². The summed E-state index contributed by atoms with van der Waals surface area (Å²) < 4.78 is 14.4. The molecular formula is C17H18FN3. The van der Waals surface area contributed by atoms with E-state index in [2.05, 4.69) is 6.07 Å². The molecule has 108 valence electrons. The topological polar surface area (TPSA) is 53.0 Å². The van der Waals surface area contributed by atoms with Crippen molar-refractivity contribution in [1.29, 1.82) is 5.26 Å². The van der Waals surface area contributed by atoms with E-state index in [1.54, 1.807) is 6.07 Å². The van der Waals surface area contributed by atoms with Gasteiger partial charge in [-0.25, -0.2) is 4.39 Å². The van der Waals surface area contributed by atoms with E-state index in [0.717, 1.165) is 11.3 Å². The third-order valence-electron chi connectivity index (χ3n) is 3.30. The van der Waals surface area contributed by atoms with Crippen LogP contribution < -0.4 is 10.6 Å². The molecule has 0 spiro atoms. The SMILES string of the molecule is C[C@H](N)c1ccc(N(CCC#N)c2ccccc2)c(F)c1. The smallest absolute Gasteiger partial charge is 0.147 e. The van der Waals surface area contributed by atoms with Gasteiger partial charge in [-0.15, -0.1) is 0 Å². The zero-order valence-corrected chi connectivity index (χ0v) is 12.0. The molecule has 21 heavy (non-hydrogen) atoms. The van der Waals surface area contributed by atoms with Gasteiger partial charge in [0.15, 0.2) is 0 Å². The van der Waals surface area contributed by atoms with Gasteiger partial charge in [0.05, 0.1) is 18.2 Å². The minimum atomic E-state index is -0.327. The van der Waals surface area contributed by atoms with Gasteiger partial charge in [0, 0.05) is 18.3 Å². The van der Waals surface area contributed by atoms with Crippen LogP contribution in [0.25, 0.3) is 0 Å². The molecule has 3 nitrogen and oxygen atoms in total. The number of halogens is 1. The van der Waals surface area contributed by atoms with Crippen LogP contribution in [0.4, 0.5) is 15.8 Å². The minimum absolute atomic E-state index is 0.210. The van der Waals surface area contributed by atoms with Crippen LogP contribution >= 0.6 is 0 Å². The van der Waals surface area contributed by atoms with E-state index < -0.39 is 0 Å². The molecule has 0 aliphatic carbocycles. The summed E-state index contributed by atoms with van der Waals surface area (Å²) in [6, 6.07) is 16.4. The Bertz CT molecular complexity index is 632. The molecule has 4 heteroatoms. The third-order valence-corrected chi connectivity index (χ3v) is 3.30. The largest absolute Gasteiger partial charge is 0.338 e. The Balaban J connectivity index is 2.40. The normalized spacial score (nSPS) is 11.7. The van der Waals surface area contributed by atoms with E-state index in [1.807, 2.05) is 48.2 Å². The van der Waals surface area contributed by atoms with Crippen molar-refractivity contribution in [3.63, 3.8) is 0 Å². The number of anilines is 2. The Hall–Kier alpha value is -2.38. The standard InChI is InChI=1S/C17H18FN3/c1-13(20)14-8-9-17(16(18)12-14)21(11-5-10-19)15-6-3-2-4-7-15/h2-4,6-9,12-13H,5,11,20H2,1H3/t13-/m0/s1. The average Bonchev–Trinajstić information content (AvgIpc) is 2.50. The van der Waals surface area contributed by atoms with Gasteiger partial charge in [-0.1, -0.05) is 24.3 Å². The van der Waals surface area contributed by atoms with E-state index in [1.165, 1.54) is 6.07 Å². The highest BCUT2D eigenvalue weighted by Gasteiger charge is 2.14. The molecule has 0 heterocycles. The van der Waals surface area contributed by atoms with Gasteiger partial charge in [0.2, 0.25) is 0 Å². The Morgan fingerprint density at radius 2 is 1.95 bits per heavy atom. The lowest BCUT2D eigenvalue weighted by atomic mass is 10.1. The van der Waals surface area contributed by atoms with Gasteiger partial charge < -0.3 is 10.6 Å². The maximum atomic E-state index is 14.4. The van der Waals surface area contributed by atoms with E-state index >= 15 is 0 Å². The Labute approximate surface area is 124 Å². The second-order valence-corrected chi connectivity index (χ2v) is 4.89. The van der Waals surface area contributed by atoms with Crippen molar-refractivity contribution >= 4 is 11.4 Å². The summed E-state index contributed by atoms with van der Waals surface area (Å²) in [6.45, 7) is 2.26. The van der Waals surface area contributed by atoms with Crippen molar-refractivity contribution in [2.24, 2.45) is 5.73 Å². The van der Waals surface area contributed by atoms with Crippen LogP contribution in [0.1, 0.15) is 24.9 Å². The van der Waals surface area contributed by atoms with Crippen LogP contribution in [-0.4, -0.2) is 6.54 Å². The van der Waals surface area contributed by atoms with Gasteiger partial charge in [-0.2, -0.15) is 5.26 Å².